The number of nitrogens with two attached hydrogens (primary N) is 1. The molecule has 1 saturated carbocycles. The van der Waals surface area contributed by atoms with Crippen molar-refractivity contribution in [3.63, 3.8) is 0 Å². The first-order chi connectivity index (χ1) is 11.6. The molecule has 1 aromatic rings. The fraction of sp³-hybridized carbons (Fsp3) is 0.611. The number of nitrogen functional groups attached to an aromatic ring is 1. The number of carbonyl (C=O) groups is 1. The van der Waals surface area contributed by atoms with Crippen molar-refractivity contribution in [1.82, 2.24) is 4.90 Å². The summed E-state index contributed by atoms with van der Waals surface area (Å²) in [7, 11) is 0. The monoisotopic (exact) mass is 416 g/mol. The number of halogens is 2. The van der Waals surface area contributed by atoms with E-state index in [0.717, 1.165) is 23.1 Å². The molecule has 0 unspecified atom stereocenters. The van der Waals surface area contributed by atoms with E-state index in [2.05, 4.69) is 27.8 Å². The van der Waals surface area contributed by atoms with Gasteiger partial charge in [-0.2, -0.15) is 0 Å². The number of ether oxygens (including phenoxy) is 1. The quantitative estimate of drug-likeness (QED) is 0.401. The molecule has 4 nitrogen and oxygen atoms in total. The minimum absolute atomic E-state index is 0.209. The Morgan fingerprint density at radius 1 is 1.38 bits per heavy atom. The Bertz CT molecular complexity index is 562. The third-order valence-electron chi connectivity index (χ3n) is 4.63. The van der Waals surface area contributed by atoms with E-state index in [1.54, 1.807) is 6.07 Å². The molecule has 2 rings (SSSR count). The van der Waals surface area contributed by atoms with Crippen LogP contribution in [0.1, 0.15) is 54.9 Å². The van der Waals surface area contributed by atoms with E-state index in [1.807, 2.05) is 6.07 Å². The number of anilines is 1. The van der Waals surface area contributed by atoms with E-state index < -0.39 is 0 Å². The number of nitrogens with zero attached hydrogens (tertiary/aromatic N) is 1. The second-order valence-electron chi connectivity index (χ2n) is 6.21. The van der Waals surface area contributed by atoms with Gasteiger partial charge in [0.2, 0.25) is 0 Å². The van der Waals surface area contributed by atoms with E-state index in [0.29, 0.717) is 23.2 Å². The maximum atomic E-state index is 12.1. The Morgan fingerprint density at radius 3 is 2.71 bits per heavy atom. The van der Waals surface area contributed by atoms with Crippen LogP contribution in [0.2, 0.25) is 0 Å². The van der Waals surface area contributed by atoms with Crippen molar-refractivity contribution in [3.8, 4) is 0 Å². The summed E-state index contributed by atoms with van der Waals surface area (Å²) in [6.45, 7) is 4.12. The van der Waals surface area contributed by atoms with Gasteiger partial charge in [0, 0.05) is 17.1 Å². The zero-order valence-corrected chi connectivity index (χ0v) is 16.5. The molecule has 0 bridgehead atoms. The predicted octanol–water partition coefficient (Wildman–Crippen LogP) is 4.58. The maximum Gasteiger partial charge on any atom is 0.338 e. The van der Waals surface area contributed by atoms with Gasteiger partial charge in [-0.1, -0.05) is 26.2 Å². The molecule has 1 aromatic carbocycles. The van der Waals surface area contributed by atoms with Crippen molar-refractivity contribution in [1.29, 1.82) is 0 Å². The van der Waals surface area contributed by atoms with Crippen molar-refractivity contribution in [2.24, 2.45) is 0 Å². The third kappa shape index (κ3) is 5.11. The van der Waals surface area contributed by atoms with Gasteiger partial charge in [-0.3, -0.25) is 4.90 Å². The summed E-state index contributed by atoms with van der Waals surface area (Å²) in [6, 6.07) is 4.17. The lowest BCUT2D eigenvalue weighted by Gasteiger charge is -2.34. The maximum absolute atomic E-state index is 12.1. The molecule has 0 aromatic heterocycles. The van der Waals surface area contributed by atoms with Gasteiger partial charge >= 0.3 is 5.97 Å². The minimum Gasteiger partial charge on any atom is -0.461 e. The van der Waals surface area contributed by atoms with Crippen LogP contribution >= 0.6 is 27.5 Å². The molecule has 1 aliphatic carbocycles. The average molecular weight is 418 g/mol. The normalized spacial score (nSPS) is 15.7. The van der Waals surface area contributed by atoms with E-state index >= 15 is 0 Å². The van der Waals surface area contributed by atoms with Crippen molar-refractivity contribution in [3.05, 3.63) is 27.7 Å². The Balaban J connectivity index is 2.18. The molecule has 24 heavy (non-hydrogen) atoms. The molecule has 1 aliphatic rings. The Morgan fingerprint density at radius 2 is 2.08 bits per heavy atom. The molecule has 0 saturated heterocycles. The van der Waals surface area contributed by atoms with Gasteiger partial charge in [-0.05, 0) is 53.0 Å². The van der Waals surface area contributed by atoms with Crippen LogP contribution in [0.25, 0.3) is 0 Å². The van der Waals surface area contributed by atoms with Gasteiger partial charge in [0.05, 0.1) is 17.1 Å². The van der Waals surface area contributed by atoms with Crippen molar-refractivity contribution in [2.45, 2.75) is 51.6 Å². The minimum atomic E-state index is -0.363. The number of benzene rings is 1. The lowest BCUT2D eigenvalue weighted by molar-refractivity contribution is 0.0529. The van der Waals surface area contributed by atoms with Gasteiger partial charge in [-0.15, -0.1) is 11.6 Å². The molecular weight excluding hydrogens is 392 g/mol. The summed E-state index contributed by atoms with van der Waals surface area (Å²) < 4.78 is 5.86. The highest BCUT2D eigenvalue weighted by Gasteiger charge is 2.22. The second kappa shape index (κ2) is 9.64. The summed E-state index contributed by atoms with van der Waals surface area (Å²) in [5.41, 5.74) is 8.41. The molecular formula is C18H26BrClN2O2. The largest absolute Gasteiger partial charge is 0.461 e. The summed E-state index contributed by atoms with van der Waals surface area (Å²) >= 11 is 9.05. The molecule has 0 heterocycles. The van der Waals surface area contributed by atoms with E-state index in [4.69, 9.17) is 22.1 Å². The molecule has 0 spiro atoms. The van der Waals surface area contributed by atoms with Crippen LogP contribution < -0.4 is 5.73 Å². The number of esters is 1. The average Bonchev–Trinajstić information content (AvgIpc) is 2.61. The molecule has 134 valence electrons. The summed E-state index contributed by atoms with van der Waals surface area (Å²) in [4.78, 5) is 14.6. The second-order valence-corrected chi connectivity index (χ2v) is 7.44. The van der Waals surface area contributed by atoms with E-state index in [1.165, 1.54) is 32.1 Å². The van der Waals surface area contributed by atoms with Crippen molar-refractivity contribution < 1.29 is 9.53 Å². The lowest BCUT2D eigenvalue weighted by atomic mass is 9.93. The summed E-state index contributed by atoms with van der Waals surface area (Å²) in [6.07, 6.45) is 6.42. The van der Waals surface area contributed by atoms with Crippen LogP contribution in [-0.2, 0) is 11.3 Å². The molecule has 0 atom stereocenters. The highest BCUT2D eigenvalue weighted by molar-refractivity contribution is 9.10. The van der Waals surface area contributed by atoms with Crippen LogP contribution in [0, 0.1) is 0 Å². The summed E-state index contributed by atoms with van der Waals surface area (Å²) in [5, 5.41) is 0. The molecule has 0 aliphatic heterocycles. The Kier molecular flexibility index (Phi) is 7.85. The predicted molar refractivity (Wildman–Crippen MR) is 103 cm³/mol. The molecule has 2 N–H and O–H groups in total. The van der Waals surface area contributed by atoms with Gasteiger partial charge in [0.15, 0.2) is 0 Å². The van der Waals surface area contributed by atoms with Gasteiger partial charge in [0.1, 0.15) is 6.61 Å². The first-order valence-electron chi connectivity index (χ1n) is 8.61. The van der Waals surface area contributed by atoms with Gasteiger partial charge in [0.25, 0.3) is 0 Å². The van der Waals surface area contributed by atoms with Crippen LogP contribution in [-0.4, -0.2) is 35.9 Å². The van der Waals surface area contributed by atoms with E-state index in [9.17, 15) is 4.79 Å². The lowest BCUT2D eigenvalue weighted by Crippen LogP contribution is -2.36. The fourth-order valence-electron chi connectivity index (χ4n) is 3.30. The zero-order valence-electron chi connectivity index (χ0n) is 14.2. The van der Waals surface area contributed by atoms with Crippen molar-refractivity contribution in [2.75, 3.05) is 24.8 Å². The number of alkyl halides is 1. The molecule has 0 radical (unpaired) electrons. The highest BCUT2D eigenvalue weighted by atomic mass is 79.9. The smallest absolute Gasteiger partial charge is 0.338 e. The van der Waals surface area contributed by atoms with Crippen LogP contribution in [0.15, 0.2) is 16.6 Å². The topological polar surface area (TPSA) is 55.6 Å². The fourth-order valence-corrected chi connectivity index (χ4v) is 3.88. The first kappa shape index (κ1) is 19.5. The molecule has 1 fully saturated rings. The van der Waals surface area contributed by atoms with E-state index in [-0.39, 0.29) is 12.6 Å². The van der Waals surface area contributed by atoms with Crippen LogP contribution in [0.4, 0.5) is 5.69 Å². The van der Waals surface area contributed by atoms with Crippen molar-refractivity contribution >= 4 is 39.2 Å². The van der Waals surface area contributed by atoms with Crippen LogP contribution in [0.3, 0.4) is 0 Å². The molecule has 6 heteroatoms. The first-order valence-corrected chi connectivity index (χ1v) is 9.94. The highest BCUT2D eigenvalue weighted by Crippen LogP contribution is 2.29. The van der Waals surface area contributed by atoms with Gasteiger partial charge < -0.3 is 10.5 Å². The number of hydrogen-bond acceptors (Lipinski definition) is 4. The Labute approximate surface area is 157 Å². The summed E-state index contributed by atoms with van der Waals surface area (Å²) in [5.74, 6) is -0.0710. The van der Waals surface area contributed by atoms with Gasteiger partial charge in [-0.25, -0.2) is 4.79 Å². The molecule has 0 amide bonds. The SMILES string of the molecule is CCN(Cc1cc(C(=O)OCCCl)cc(Br)c1N)C1CCCCC1. The Hall–Kier alpha value is -0.780. The number of hydrogen-bond donors (Lipinski definition) is 1. The third-order valence-corrected chi connectivity index (χ3v) is 5.44. The zero-order chi connectivity index (χ0) is 17.5. The number of carbonyl (C=O) groups excluding carboxylic acids is 1. The standard InChI is InChI=1S/C18H26BrClN2O2/c1-2-22(15-6-4-3-5-7-15)12-14-10-13(11-16(19)17(14)21)18(23)24-9-8-20/h10-11,15H,2-9,12,21H2,1H3. The number of rotatable bonds is 7. The van der Waals surface area contributed by atoms with Crippen LogP contribution in [0.5, 0.6) is 0 Å².